The highest BCUT2D eigenvalue weighted by Gasteiger charge is 2.33. The second-order valence-corrected chi connectivity index (χ2v) is 8.93. The Morgan fingerprint density at radius 3 is 2.66 bits per heavy atom. The lowest BCUT2D eigenvalue weighted by atomic mass is 9.96. The first-order chi connectivity index (χ1) is 17.0. The lowest BCUT2D eigenvalue weighted by Crippen LogP contribution is -2.39. The molecular formula is C26H21FN4O3S. The van der Waals surface area contributed by atoms with Gasteiger partial charge in [0.25, 0.3) is 5.56 Å². The Hall–Kier alpha value is -4.11. The number of aromatic amines is 1. The van der Waals surface area contributed by atoms with Crippen LogP contribution in [0.5, 0.6) is 0 Å². The Morgan fingerprint density at radius 2 is 1.94 bits per heavy atom. The second kappa shape index (κ2) is 9.27. The van der Waals surface area contributed by atoms with Crippen molar-refractivity contribution in [3.05, 3.63) is 109 Å². The van der Waals surface area contributed by atoms with E-state index in [0.717, 1.165) is 16.8 Å². The Bertz CT molecular complexity index is 1620. The predicted octanol–water partition coefficient (Wildman–Crippen LogP) is 3.33. The Balaban J connectivity index is 1.70. The van der Waals surface area contributed by atoms with Crippen molar-refractivity contribution >= 4 is 23.4 Å². The molecule has 1 aliphatic rings. The van der Waals surface area contributed by atoms with Gasteiger partial charge in [-0.1, -0.05) is 53.8 Å². The molecule has 0 spiro atoms. The summed E-state index contributed by atoms with van der Waals surface area (Å²) in [5.41, 5.74) is 3.47. The largest absolute Gasteiger partial charge is 0.463 e. The summed E-state index contributed by atoms with van der Waals surface area (Å²) in [5, 5.41) is 7.15. The number of carbonyl (C=O) groups is 1. The maximum absolute atomic E-state index is 13.7. The highest BCUT2D eigenvalue weighted by molar-refractivity contribution is 7.07. The minimum Gasteiger partial charge on any atom is -0.463 e. The smallest absolute Gasteiger partial charge is 0.338 e. The summed E-state index contributed by atoms with van der Waals surface area (Å²) in [6.45, 7) is 3.60. The van der Waals surface area contributed by atoms with E-state index in [1.54, 1.807) is 38.3 Å². The molecular weight excluding hydrogens is 467 g/mol. The number of hydrogen-bond donors (Lipinski definition) is 1. The zero-order valence-corrected chi connectivity index (χ0v) is 19.8. The molecule has 1 N–H and O–H groups in total. The quantitative estimate of drug-likeness (QED) is 0.437. The van der Waals surface area contributed by atoms with Gasteiger partial charge in [-0.25, -0.2) is 14.2 Å². The number of fused-ring (bicyclic) bond motifs is 1. The van der Waals surface area contributed by atoms with Crippen LogP contribution in [0, 0.1) is 5.82 Å². The van der Waals surface area contributed by atoms with Gasteiger partial charge in [0.15, 0.2) is 4.80 Å². The second-order valence-electron chi connectivity index (χ2n) is 7.92. The van der Waals surface area contributed by atoms with Crippen molar-refractivity contribution in [1.82, 2.24) is 14.8 Å². The highest BCUT2D eigenvalue weighted by Crippen LogP contribution is 2.30. The zero-order valence-electron chi connectivity index (χ0n) is 19.0. The Kier molecular flexibility index (Phi) is 6.00. The summed E-state index contributed by atoms with van der Waals surface area (Å²) in [4.78, 5) is 31.6. The van der Waals surface area contributed by atoms with Crippen molar-refractivity contribution in [3.8, 4) is 11.3 Å². The van der Waals surface area contributed by atoms with Gasteiger partial charge in [-0.15, -0.1) is 0 Å². The van der Waals surface area contributed by atoms with E-state index in [9.17, 15) is 14.0 Å². The third kappa shape index (κ3) is 4.15. The first kappa shape index (κ1) is 22.7. The SMILES string of the molecule is CCOC(=O)C1=C(C)N=c2s/c(=C/c3cn[nH]c3-c3ccccc3)c(=O)n2[C@H]1c1ccc(F)cc1. The molecule has 0 saturated carbocycles. The monoisotopic (exact) mass is 488 g/mol. The first-order valence-electron chi connectivity index (χ1n) is 11.0. The molecule has 0 amide bonds. The number of nitrogens with one attached hydrogen (secondary N) is 1. The van der Waals surface area contributed by atoms with Gasteiger partial charge in [-0.2, -0.15) is 5.10 Å². The number of carbonyl (C=O) groups excluding carboxylic acids is 1. The number of allylic oxidation sites excluding steroid dienone is 1. The zero-order chi connectivity index (χ0) is 24.5. The molecule has 0 fully saturated rings. The van der Waals surface area contributed by atoms with Gasteiger partial charge in [-0.05, 0) is 37.6 Å². The van der Waals surface area contributed by atoms with E-state index >= 15 is 0 Å². The van der Waals surface area contributed by atoms with Crippen LogP contribution in [0.3, 0.4) is 0 Å². The van der Waals surface area contributed by atoms with Crippen LogP contribution >= 0.6 is 11.3 Å². The van der Waals surface area contributed by atoms with E-state index < -0.39 is 17.8 Å². The number of thiazole rings is 1. The summed E-state index contributed by atoms with van der Waals surface area (Å²) >= 11 is 1.22. The minimum atomic E-state index is -0.786. The normalized spacial score (nSPS) is 15.6. The van der Waals surface area contributed by atoms with Crippen LogP contribution in [0.1, 0.15) is 31.0 Å². The van der Waals surface area contributed by atoms with Gasteiger partial charge in [0.05, 0.1) is 40.3 Å². The van der Waals surface area contributed by atoms with Crippen LogP contribution in [-0.4, -0.2) is 27.3 Å². The number of rotatable bonds is 5. The van der Waals surface area contributed by atoms with E-state index in [1.807, 2.05) is 30.3 Å². The van der Waals surface area contributed by atoms with Gasteiger partial charge < -0.3 is 4.74 Å². The molecule has 1 aliphatic heterocycles. The number of halogens is 1. The number of benzene rings is 2. The third-order valence-electron chi connectivity index (χ3n) is 5.72. The summed E-state index contributed by atoms with van der Waals surface area (Å²) in [6, 6.07) is 14.7. The van der Waals surface area contributed by atoms with Crippen molar-refractivity contribution < 1.29 is 13.9 Å². The van der Waals surface area contributed by atoms with Crippen molar-refractivity contribution in [2.24, 2.45) is 4.99 Å². The maximum atomic E-state index is 13.7. The van der Waals surface area contributed by atoms with Crippen molar-refractivity contribution in [1.29, 1.82) is 0 Å². The highest BCUT2D eigenvalue weighted by atomic mass is 32.1. The van der Waals surface area contributed by atoms with Crippen LogP contribution in [0.4, 0.5) is 4.39 Å². The molecule has 9 heteroatoms. The fourth-order valence-electron chi connectivity index (χ4n) is 4.13. The fourth-order valence-corrected chi connectivity index (χ4v) is 5.17. The van der Waals surface area contributed by atoms with Gasteiger partial charge in [0.2, 0.25) is 0 Å². The van der Waals surface area contributed by atoms with Gasteiger partial charge in [-0.3, -0.25) is 14.5 Å². The summed E-state index contributed by atoms with van der Waals surface area (Å²) in [5.74, 6) is -0.966. The summed E-state index contributed by atoms with van der Waals surface area (Å²) in [7, 11) is 0. The molecule has 1 atom stereocenters. The van der Waals surface area contributed by atoms with Crippen molar-refractivity contribution in [3.63, 3.8) is 0 Å². The van der Waals surface area contributed by atoms with Crippen LogP contribution in [-0.2, 0) is 9.53 Å². The Morgan fingerprint density at radius 1 is 1.20 bits per heavy atom. The first-order valence-corrected chi connectivity index (χ1v) is 11.8. The molecule has 2 aromatic heterocycles. The number of H-pyrrole nitrogens is 1. The van der Waals surface area contributed by atoms with E-state index in [4.69, 9.17) is 4.74 Å². The van der Waals surface area contributed by atoms with Crippen molar-refractivity contribution in [2.45, 2.75) is 19.9 Å². The van der Waals surface area contributed by atoms with Crippen LogP contribution in [0.2, 0.25) is 0 Å². The maximum Gasteiger partial charge on any atom is 0.338 e. The van der Waals surface area contributed by atoms with Crippen molar-refractivity contribution in [2.75, 3.05) is 6.61 Å². The lowest BCUT2D eigenvalue weighted by molar-refractivity contribution is -0.139. The van der Waals surface area contributed by atoms with Crippen LogP contribution < -0.4 is 14.9 Å². The third-order valence-corrected chi connectivity index (χ3v) is 6.70. The molecule has 0 aliphatic carbocycles. The molecule has 0 unspecified atom stereocenters. The number of aromatic nitrogens is 3. The summed E-state index contributed by atoms with van der Waals surface area (Å²) in [6.07, 6.45) is 3.42. The van der Waals surface area contributed by atoms with Crippen LogP contribution in [0.25, 0.3) is 17.3 Å². The number of nitrogens with zero attached hydrogens (tertiary/aromatic N) is 3. The average molecular weight is 489 g/mol. The average Bonchev–Trinajstić information content (AvgIpc) is 3.44. The van der Waals surface area contributed by atoms with E-state index in [2.05, 4.69) is 15.2 Å². The number of esters is 1. The number of ether oxygens (including phenoxy) is 1. The van der Waals surface area contributed by atoms with Gasteiger partial charge in [0, 0.05) is 11.1 Å². The molecule has 4 aromatic rings. The van der Waals surface area contributed by atoms with E-state index in [-0.39, 0.29) is 17.7 Å². The molecule has 35 heavy (non-hydrogen) atoms. The standard InChI is InChI=1S/C26H21FN4O3S/c1-3-34-25(33)21-15(2)29-26-31(23(21)17-9-11-19(27)12-10-17)24(32)20(35-26)13-18-14-28-30-22(18)16-7-5-4-6-8-16/h4-14,23H,3H2,1-2H3,(H,28,30)/b20-13+/t23-/m0/s1. The minimum absolute atomic E-state index is 0.179. The summed E-state index contributed by atoms with van der Waals surface area (Å²) < 4.78 is 20.9. The molecule has 7 nitrogen and oxygen atoms in total. The molecule has 176 valence electrons. The van der Waals surface area contributed by atoms with Gasteiger partial charge >= 0.3 is 5.97 Å². The molecule has 5 rings (SSSR count). The lowest BCUT2D eigenvalue weighted by Gasteiger charge is -2.24. The van der Waals surface area contributed by atoms with Crippen LogP contribution in [0.15, 0.2) is 81.9 Å². The Labute approximate surface area is 203 Å². The van der Waals surface area contributed by atoms with Gasteiger partial charge in [0.1, 0.15) is 5.82 Å². The molecule has 0 bridgehead atoms. The van der Waals surface area contributed by atoms with E-state index in [1.165, 1.54) is 28.0 Å². The fraction of sp³-hybridized carbons (Fsp3) is 0.154. The topological polar surface area (TPSA) is 89.3 Å². The molecule has 3 heterocycles. The predicted molar refractivity (Wildman–Crippen MR) is 131 cm³/mol. The molecule has 2 aromatic carbocycles. The number of hydrogen-bond acceptors (Lipinski definition) is 6. The molecule has 0 saturated heterocycles. The van der Waals surface area contributed by atoms with E-state index in [0.29, 0.717) is 20.6 Å². The molecule has 0 radical (unpaired) electrons.